The van der Waals surface area contributed by atoms with Gasteiger partial charge in [-0.2, -0.15) is 0 Å². The van der Waals surface area contributed by atoms with Crippen molar-refractivity contribution in [1.82, 2.24) is 0 Å². The molecule has 0 radical (unpaired) electrons. The Labute approximate surface area is 143 Å². The maximum atomic E-state index is 11.1. The Morgan fingerprint density at radius 2 is 1.65 bits per heavy atom. The van der Waals surface area contributed by atoms with Gasteiger partial charge >= 0.3 is 51.4 Å². The van der Waals surface area contributed by atoms with Crippen LogP contribution in [-0.4, -0.2) is 13.0 Å². The van der Waals surface area contributed by atoms with E-state index in [1.165, 1.54) is 6.07 Å². The molecule has 0 spiro atoms. The van der Waals surface area contributed by atoms with E-state index in [1.54, 1.807) is 36.4 Å². The Kier molecular flexibility index (Phi) is 5.09. The van der Waals surface area contributed by atoms with E-state index in [9.17, 15) is 13.0 Å². The van der Waals surface area contributed by atoms with E-state index in [-0.39, 0.29) is 56.3 Å². The van der Waals surface area contributed by atoms with E-state index < -0.39 is 10.1 Å². The molecule has 3 nitrogen and oxygen atoms in total. The molecule has 0 aliphatic carbocycles. The summed E-state index contributed by atoms with van der Waals surface area (Å²) in [4.78, 5) is -0.186. The van der Waals surface area contributed by atoms with Crippen molar-refractivity contribution in [2.75, 3.05) is 0 Å². The molecule has 0 heterocycles. The average molecular weight is 272 g/mol. The van der Waals surface area contributed by atoms with Gasteiger partial charge in [0.2, 0.25) is 0 Å². The summed E-state index contributed by atoms with van der Waals surface area (Å²) in [6.45, 7) is 3.65. The summed E-state index contributed by atoms with van der Waals surface area (Å²) in [7, 11) is -4.44. The van der Waals surface area contributed by atoms with Gasteiger partial charge in [-0.05, 0) is 22.4 Å². The summed E-state index contributed by atoms with van der Waals surface area (Å²) in [5.74, 6) is 0. The van der Waals surface area contributed by atoms with Gasteiger partial charge in [0.15, 0.2) is 0 Å². The van der Waals surface area contributed by atoms with Crippen LogP contribution in [0.4, 0.5) is 0 Å². The zero-order chi connectivity index (χ0) is 11.8. The molecular formula is C12H9KO3S. The molecule has 5 heteroatoms. The molecule has 0 N–H and O–H groups in total. The summed E-state index contributed by atoms with van der Waals surface area (Å²) in [6.07, 6.45) is 1.63. The predicted octanol–water partition coefficient (Wildman–Crippen LogP) is -0.609. The Morgan fingerprint density at radius 1 is 1.06 bits per heavy atom. The van der Waals surface area contributed by atoms with Crippen LogP contribution >= 0.6 is 0 Å². The largest absolute Gasteiger partial charge is 1.00 e. The van der Waals surface area contributed by atoms with Crippen LogP contribution in [0, 0.1) is 0 Å². The minimum atomic E-state index is -4.44. The van der Waals surface area contributed by atoms with Crippen molar-refractivity contribution in [3.63, 3.8) is 0 Å². The van der Waals surface area contributed by atoms with Gasteiger partial charge < -0.3 is 4.55 Å². The van der Waals surface area contributed by atoms with Gasteiger partial charge in [0.1, 0.15) is 10.1 Å². The third-order valence-electron chi connectivity index (χ3n) is 2.41. The van der Waals surface area contributed by atoms with Crippen LogP contribution in [0.2, 0.25) is 0 Å². The Bertz CT molecular complexity index is 663. The average Bonchev–Trinajstić information content (AvgIpc) is 2.26. The third kappa shape index (κ3) is 3.06. The Balaban J connectivity index is 0.00000144. The maximum absolute atomic E-state index is 11.1. The fraction of sp³-hybridized carbons (Fsp3) is 0. The first kappa shape index (κ1) is 15.0. The van der Waals surface area contributed by atoms with Crippen LogP contribution in [0.3, 0.4) is 0 Å². The zero-order valence-electron chi connectivity index (χ0n) is 9.38. The van der Waals surface area contributed by atoms with E-state index in [2.05, 4.69) is 6.58 Å². The minimum Gasteiger partial charge on any atom is -0.744 e. The van der Waals surface area contributed by atoms with Gasteiger partial charge in [0.25, 0.3) is 0 Å². The van der Waals surface area contributed by atoms with Crippen molar-refractivity contribution < 1.29 is 64.4 Å². The van der Waals surface area contributed by atoms with Gasteiger partial charge in [-0.25, -0.2) is 8.42 Å². The number of rotatable bonds is 2. The van der Waals surface area contributed by atoms with Gasteiger partial charge in [-0.15, -0.1) is 0 Å². The molecular weight excluding hydrogens is 263 g/mol. The first-order valence-electron chi connectivity index (χ1n) is 4.64. The normalized spacial score (nSPS) is 10.9. The second-order valence-corrected chi connectivity index (χ2v) is 4.70. The molecule has 0 aliphatic heterocycles. The predicted molar refractivity (Wildman–Crippen MR) is 62.0 cm³/mol. The van der Waals surface area contributed by atoms with Crippen molar-refractivity contribution in [2.24, 2.45) is 0 Å². The molecule has 82 valence electrons. The van der Waals surface area contributed by atoms with Crippen LogP contribution < -0.4 is 51.4 Å². The smallest absolute Gasteiger partial charge is 0.744 e. The van der Waals surface area contributed by atoms with E-state index in [4.69, 9.17) is 0 Å². The molecule has 0 saturated carbocycles. The molecule has 17 heavy (non-hydrogen) atoms. The standard InChI is InChI=1S/C12H10O3S.K/c1-2-9-7-8-12(16(13,14)15)11-6-4-3-5-10(9)11;/h2-8H,1H2,(H,13,14,15);/q;+1/p-1. The van der Waals surface area contributed by atoms with E-state index in [0.717, 1.165) is 10.9 Å². The molecule has 2 aromatic carbocycles. The fourth-order valence-electron chi connectivity index (χ4n) is 1.69. The van der Waals surface area contributed by atoms with E-state index in [0.29, 0.717) is 5.39 Å². The minimum absolute atomic E-state index is 0. The molecule has 0 saturated heterocycles. The summed E-state index contributed by atoms with van der Waals surface area (Å²) >= 11 is 0. The van der Waals surface area contributed by atoms with Crippen LogP contribution in [0.5, 0.6) is 0 Å². The summed E-state index contributed by atoms with van der Waals surface area (Å²) in [5, 5.41) is 1.16. The SMILES string of the molecule is C=Cc1ccc(S(=O)(=O)[O-])c2ccccc12.[K+]. The second-order valence-electron chi connectivity index (χ2n) is 3.36. The van der Waals surface area contributed by atoms with Crippen molar-refractivity contribution in [3.05, 3.63) is 48.5 Å². The summed E-state index contributed by atoms with van der Waals surface area (Å²) in [6, 6.07) is 9.77. The molecule has 0 fully saturated rings. The zero-order valence-corrected chi connectivity index (χ0v) is 13.3. The van der Waals surface area contributed by atoms with E-state index >= 15 is 0 Å². The number of benzene rings is 2. The molecule has 0 bridgehead atoms. The topological polar surface area (TPSA) is 57.2 Å². The quantitative estimate of drug-likeness (QED) is 0.541. The first-order chi connectivity index (χ1) is 7.54. The second kappa shape index (κ2) is 5.75. The number of hydrogen-bond donors (Lipinski definition) is 0. The Hall–Kier alpha value is -0.0136. The molecule has 0 aromatic heterocycles. The van der Waals surface area contributed by atoms with Crippen LogP contribution in [0.25, 0.3) is 16.8 Å². The van der Waals surface area contributed by atoms with Crippen LogP contribution in [0.15, 0.2) is 47.9 Å². The summed E-state index contributed by atoms with van der Waals surface area (Å²) in [5.41, 5.74) is 0.808. The van der Waals surface area contributed by atoms with Crippen molar-refractivity contribution in [1.29, 1.82) is 0 Å². The van der Waals surface area contributed by atoms with Crippen molar-refractivity contribution in [2.45, 2.75) is 4.90 Å². The number of fused-ring (bicyclic) bond motifs is 1. The molecule has 0 aliphatic rings. The van der Waals surface area contributed by atoms with E-state index in [1.807, 2.05) is 0 Å². The molecule has 2 rings (SSSR count). The third-order valence-corrected chi connectivity index (χ3v) is 3.30. The Morgan fingerprint density at radius 3 is 2.18 bits per heavy atom. The fourth-order valence-corrected chi connectivity index (χ4v) is 2.37. The molecule has 0 amide bonds. The molecule has 0 unspecified atom stereocenters. The number of hydrogen-bond acceptors (Lipinski definition) is 3. The molecule has 2 aromatic rings. The first-order valence-corrected chi connectivity index (χ1v) is 6.05. The maximum Gasteiger partial charge on any atom is 1.00 e. The van der Waals surface area contributed by atoms with Crippen molar-refractivity contribution in [3.8, 4) is 0 Å². The van der Waals surface area contributed by atoms with Crippen LogP contribution in [-0.2, 0) is 10.1 Å². The monoisotopic (exact) mass is 272 g/mol. The van der Waals surface area contributed by atoms with Gasteiger partial charge in [-0.3, -0.25) is 0 Å². The summed E-state index contributed by atoms with van der Waals surface area (Å²) < 4.78 is 33.2. The van der Waals surface area contributed by atoms with Crippen molar-refractivity contribution >= 4 is 27.0 Å². The van der Waals surface area contributed by atoms with Gasteiger partial charge in [0.05, 0.1) is 4.90 Å². The van der Waals surface area contributed by atoms with Gasteiger partial charge in [-0.1, -0.05) is 43.0 Å². The molecule has 0 atom stereocenters. The van der Waals surface area contributed by atoms with Crippen LogP contribution in [0.1, 0.15) is 5.56 Å². The van der Waals surface area contributed by atoms with Gasteiger partial charge in [0, 0.05) is 0 Å².